The van der Waals surface area contributed by atoms with E-state index in [1.807, 2.05) is 47.8 Å². The summed E-state index contributed by atoms with van der Waals surface area (Å²) in [5.41, 5.74) is 1.42. The Hall–Kier alpha value is -2.67. The molecule has 0 fully saturated rings. The Balaban J connectivity index is 1.72. The fraction of sp³-hybridized carbons (Fsp3) is 0.188. The van der Waals surface area contributed by atoms with Gasteiger partial charge in [-0.05, 0) is 17.0 Å². The van der Waals surface area contributed by atoms with Gasteiger partial charge in [0.05, 0.1) is 10.6 Å². The van der Waals surface area contributed by atoms with Crippen LogP contribution in [0.5, 0.6) is 0 Å². The first-order chi connectivity index (χ1) is 11.1. The van der Waals surface area contributed by atoms with Crippen LogP contribution in [0.3, 0.4) is 0 Å². The molecule has 1 atom stereocenters. The number of hydrogen-bond donors (Lipinski definition) is 1. The third kappa shape index (κ3) is 3.40. The number of carbonyl (C=O) groups is 2. The lowest BCUT2D eigenvalue weighted by Crippen LogP contribution is -2.38. The molecular weight excluding hydrogens is 316 g/mol. The fourth-order valence-corrected chi connectivity index (χ4v) is 2.97. The van der Waals surface area contributed by atoms with Gasteiger partial charge < -0.3 is 9.84 Å². The van der Waals surface area contributed by atoms with Crippen LogP contribution in [0.4, 0.5) is 4.79 Å². The van der Waals surface area contributed by atoms with Crippen molar-refractivity contribution in [3.8, 4) is 0 Å². The monoisotopic (exact) mass is 330 g/mol. The topological polar surface area (TPSA) is 79.2 Å². The average Bonchev–Trinajstić information content (AvgIpc) is 3.22. The van der Waals surface area contributed by atoms with E-state index in [2.05, 4.69) is 5.10 Å². The van der Waals surface area contributed by atoms with Gasteiger partial charge in [-0.25, -0.2) is 9.59 Å². The zero-order chi connectivity index (χ0) is 16.2. The Morgan fingerprint density at radius 3 is 2.70 bits per heavy atom. The van der Waals surface area contributed by atoms with Gasteiger partial charge >= 0.3 is 12.1 Å². The number of carboxylic acid groups (broad SMARTS) is 1. The third-order valence-corrected chi connectivity index (χ3v) is 4.31. The molecule has 118 valence electrons. The number of amides is 1. The number of rotatable bonds is 4. The number of hydrogen-bond acceptors (Lipinski definition) is 5. The van der Waals surface area contributed by atoms with Gasteiger partial charge in [0.15, 0.2) is 6.04 Å². The van der Waals surface area contributed by atoms with Crippen molar-refractivity contribution in [3.05, 3.63) is 58.3 Å². The number of nitrogens with zero attached hydrogens (tertiary/aromatic N) is 2. The van der Waals surface area contributed by atoms with E-state index in [0.717, 1.165) is 15.4 Å². The molecule has 1 N–H and O–H groups in total. The van der Waals surface area contributed by atoms with E-state index in [1.54, 1.807) is 0 Å². The molecule has 0 radical (unpaired) electrons. The Kier molecular flexibility index (Phi) is 4.38. The molecule has 0 bridgehead atoms. The summed E-state index contributed by atoms with van der Waals surface area (Å²) in [5.74, 6) is -1.10. The van der Waals surface area contributed by atoms with Crippen LogP contribution in [-0.4, -0.2) is 33.9 Å². The van der Waals surface area contributed by atoms with Crippen LogP contribution in [0.2, 0.25) is 0 Å². The highest BCUT2D eigenvalue weighted by molar-refractivity contribution is 7.12. The smallest absolute Gasteiger partial charge is 0.431 e. The maximum atomic E-state index is 12.2. The SMILES string of the molecule is O=C(O)C1CC(c2cccs2)=NN1C(=O)OCc1ccccc1. The predicted molar refractivity (Wildman–Crippen MR) is 85.4 cm³/mol. The summed E-state index contributed by atoms with van der Waals surface area (Å²) < 4.78 is 5.18. The van der Waals surface area contributed by atoms with Crippen molar-refractivity contribution in [1.29, 1.82) is 0 Å². The van der Waals surface area contributed by atoms with Crippen molar-refractivity contribution in [2.75, 3.05) is 0 Å². The second-order valence-electron chi connectivity index (χ2n) is 4.97. The average molecular weight is 330 g/mol. The first kappa shape index (κ1) is 15.2. The summed E-state index contributed by atoms with van der Waals surface area (Å²) >= 11 is 1.46. The van der Waals surface area contributed by atoms with Crippen LogP contribution in [0, 0.1) is 0 Å². The molecule has 6 nitrogen and oxygen atoms in total. The van der Waals surface area contributed by atoms with E-state index >= 15 is 0 Å². The van der Waals surface area contributed by atoms with Crippen molar-refractivity contribution in [1.82, 2.24) is 5.01 Å². The lowest BCUT2D eigenvalue weighted by atomic mass is 10.1. The minimum Gasteiger partial charge on any atom is -0.480 e. The van der Waals surface area contributed by atoms with Crippen LogP contribution in [0.15, 0.2) is 52.9 Å². The molecule has 1 unspecified atom stereocenters. The molecule has 1 aromatic carbocycles. The molecule has 1 aliphatic heterocycles. The molecule has 23 heavy (non-hydrogen) atoms. The van der Waals surface area contributed by atoms with E-state index in [-0.39, 0.29) is 13.0 Å². The molecule has 3 rings (SSSR count). The van der Waals surface area contributed by atoms with Gasteiger partial charge in [-0.3, -0.25) is 0 Å². The lowest BCUT2D eigenvalue weighted by Gasteiger charge is -2.17. The number of benzene rings is 1. The Labute approximate surface area is 136 Å². The first-order valence-electron chi connectivity index (χ1n) is 6.99. The van der Waals surface area contributed by atoms with Gasteiger partial charge in [-0.2, -0.15) is 10.1 Å². The van der Waals surface area contributed by atoms with Crippen LogP contribution in [0.25, 0.3) is 0 Å². The summed E-state index contributed by atoms with van der Waals surface area (Å²) in [5, 5.41) is 16.3. The standard InChI is InChI=1S/C16H14N2O4S/c19-15(20)13-9-12(14-7-4-8-23-14)17-18(13)16(21)22-10-11-5-2-1-3-6-11/h1-8,13H,9-10H2,(H,19,20). The summed E-state index contributed by atoms with van der Waals surface area (Å²) in [4.78, 5) is 24.4. The van der Waals surface area contributed by atoms with Crippen molar-refractivity contribution < 1.29 is 19.4 Å². The van der Waals surface area contributed by atoms with Gasteiger partial charge in [0.1, 0.15) is 6.61 Å². The maximum Gasteiger partial charge on any atom is 0.431 e. The highest BCUT2D eigenvalue weighted by Gasteiger charge is 2.38. The molecule has 1 amide bonds. The van der Waals surface area contributed by atoms with Gasteiger partial charge in [0, 0.05) is 6.42 Å². The summed E-state index contributed by atoms with van der Waals surface area (Å²) in [7, 11) is 0. The molecular formula is C16H14N2O4S. The van der Waals surface area contributed by atoms with Crippen molar-refractivity contribution in [2.24, 2.45) is 5.10 Å². The quantitative estimate of drug-likeness (QED) is 0.935. The third-order valence-electron chi connectivity index (χ3n) is 3.39. The van der Waals surface area contributed by atoms with E-state index in [1.165, 1.54) is 11.3 Å². The Morgan fingerprint density at radius 1 is 1.26 bits per heavy atom. The van der Waals surface area contributed by atoms with Crippen LogP contribution in [-0.2, 0) is 16.1 Å². The molecule has 0 saturated carbocycles. The van der Waals surface area contributed by atoms with Gasteiger partial charge in [0.2, 0.25) is 0 Å². The molecule has 1 aromatic heterocycles. The second kappa shape index (κ2) is 6.62. The zero-order valence-electron chi connectivity index (χ0n) is 12.1. The molecule has 2 heterocycles. The molecule has 0 spiro atoms. The highest BCUT2D eigenvalue weighted by Crippen LogP contribution is 2.24. The van der Waals surface area contributed by atoms with E-state index in [9.17, 15) is 14.7 Å². The largest absolute Gasteiger partial charge is 0.480 e. The number of hydrazone groups is 1. The van der Waals surface area contributed by atoms with E-state index < -0.39 is 18.1 Å². The highest BCUT2D eigenvalue weighted by atomic mass is 32.1. The number of carboxylic acids is 1. The van der Waals surface area contributed by atoms with Crippen LogP contribution >= 0.6 is 11.3 Å². The van der Waals surface area contributed by atoms with Gasteiger partial charge in [-0.15, -0.1) is 11.3 Å². The molecule has 0 saturated heterocycles. The summed E-state index contributed by atoms with van der Waals surface area (Å²) in [6, 6.07) is 11.9. The van der Waals surface area contributed by atoms with Gasteiger partial charge in [0.25, 0.3) is 0 Å². The number of ether oxygens (including phenoxy) is 1. The maximum absolute atomic E-state index is 12.2. The van der Waals surface area contributed by atoms with Crippen molar-refractivity contribution in [3.63, 3.8) is 0 Å². The zero-order valence-corrected chi connectivity index (χ0v) is 12.9. The predicted octanol–water partition coefficient (Wildman–Crippen LogP) is 2.95. The molecule has 1 aliphatic rings. The number of carbonyl (C=O) groups excluding carboxylic acids is 1. The molecule has 7 heteroatoms. The number of thiophene rings is 1. The summed E-state index contributed by atoms with van der Waals surface area (Å²) in [6.07, 6.45) is -0.580. The van der Waals surface area contributed by atoms with Crippen molar-refractivity contribution >= 4 is 29.1 Å². The number of aliphatic carboxylic acids is 1. The fourth-order valence-electron chi connectivity index (χ4n) is 2.25. The minimum atomic E-state index is -1.10. The minimum absolute atomic E-state index is 0.0758. The van der Waals surface area contributed by atoms with Crippen LogP contribution in [0.1, 0.15) is 16.9 Å². The Bertz CT molecular complexity index is 728. The lowest BCUT2D eigenvalue weighted by molar-refractivity contribution is -0.142. The second-order valence-corrected chi connectivity index (χ2v) is 5.91. The van der Waals surface area contributed by atoms with Gasteiger partial charge in [-0.1, -0.05) is 36.4 Å². The van der Waals surface area contributed by atoms with Crippen LogP contribution < -0.4 is 0 Å². The Morgan fingerprint density at radius 2 is 2.04 bits per heavy atom. The van der Waals surface area contributed by atoms with Crippen molar-refractivity contribution in [2.45, 2.75) is 19.1 Å². The molecule has 0 aliphatic carbocycles. The summed E-state index contributed by atoms with van der Waals surface area (Å²) in [6.45, 7) is 0.0758. The normalized spacial score (nSPS) is 17.0. The van der Waals surface area contributed by atoms with E-state index in [4.69, 9.17) is 4.74 Å². The molecule has 2 aromatic rings. The van der Waals surface area contributed by atoms with E-state index in [0.29, 0.717) is 5.71 Å². The first-order valence-corrected chi connectivity index (χ1v) is 7.87.